The molecule has 0 fully saturated rings. The average molecular weight is 379 g/mol. The number of halogens is 1. The second-order valence-corrected chi connectivity index (χ2v) is 6.24. The van der Waals surface area contributed by atoms with Crippen LogP contribution in [-0.4, -0.2) is 18.3 Å². The Morgan fingerprint density at radius 1 is 1.04 bits per heavy atom. The molecule has 0 unspecified atom stereocenters. The minimum absolute atomic E-state index is 0.0159. The van der Waals surface area contributed by atoms with Crippen molar-refractivity contribution in [3.63, 3.8) is 0 Å². The van der Waals surface area contributed by atoms with E-state index in [4.69, 9.17) is 33.3 Å². The standard InChI is InChI=1S/C19H23ClN2O2S/c1-4-23-17-11-6-14(12-18(17)24-5-2)13(3)21-19(25)22-16-9-7-15(20)8-10-16/h6-13H,4-5H2,1-3H3,(H2,21,22,25)/t13-/m1/s1. The van der Waals surface area contributed by atoms with Gasteiger partial charge >= 0.3 is 0 Å². The van der Waals surface area contributed by atoms with Gasteiger partial charge in [-0.2, -0.15) is 0 Å². The van der Waals surface area contributed by atoms with Gasteiger partial charge in [0.1, 0.15) is 0 Å². The lowest BCUT2D eigenvalue weighted by Gasteiger charge is -2.19. The molecule has 2 N–H and O–H groups in total. The summed E-state index contributed by atoms with van der Waals surface area (Å²) in [6.07, 6.45) is 0. The van der Waals surface area contributed by atoms with Crippen molar-refractivity contribution in [2.45, 2.75) is 26.8 Å². The fraction of sp³-hybridized carbons (Fsp3) is 0.316. The molecule has 0 saturated carbocycles. The molecular formula is C19H23ClN2O2S. The summed E-state index contributed by atoms with van der Waals surface area (Å²) >= 11 is 11.3. The van der Waals surface area contributed by atoms with Crippen LogP contribution in [0.2, 0.25) is 5.02 Å². The van der Waals surface area contributed by atoms with E-state index < -0.39 is 0 Å². The predicted octanol–water partition coefficient (Wildman–Crippen LogP) is 5.19. The third kappa shape index (κ3) is 5.80. The Morgan fingerprint density at radius 2 is 1.68 bits per heavy atom. The number of thiocarbonyl (C=S) groups is 1. The molecule has 0 radical (unpaired) electrons. The van der Waals surface area contributed by atoms with Crippen LogP contribution in [0, 0.1) is 0 Å². The highest BCUT2D eigenvalue weighted by molar-refractivity contribution is 7.80. The summed E-state index contributed by atoms with van der Waals surface area (Å²) < 4.78 is 11.3. The van der Waals surface area contributed by atoms with E-state index in [2.05, 4.69) is 10.6 Å². The SMILES string of the molecule is CCOc1ccc([C@@H](C)NC(=S)Nc2ccc(Cl)cc2)cc1OCC. The number of rotatable bonds is 7. The van der Waals surface area contributed by atoms with E-state index >= 15 is 0 Å². The molecule has 134 valence electrons. The molecule has 2 aromatic carbocycles. The molecule has 6 heteroatoms. The second-order valence-electron chi connectivity index (χ2n) is 5.40. The summed E-state index contributed by atoms with van der Waals surface area (Å²) in [5.41, 5.74) is 1.95. The molecule has 0 aromatic heterocycles. The van der Waals surface area contributed by atoms with E-state index in [-0.39, 0.29) is 6.04 Å². The fourth-order valence-electron chi connectivity index (χ4n) is 2.32. The van der Waals surface area contributed by atoms with Gasteiger partial charge in [-0.1, -0.05) is 17.7 Å². The van der Waals surface area contributed by atoms with Gasteiger partial charge in [0.05, 0.1) is 19.3 Å². The number of hydrogen-bond donors (Lipinski definition) is 2. The Kier molecular flexibility index (Phi) is 7.34. The summed E-state index contributed by atoms with van der Waals surface area (Å²) in [5.74, 6) is 1.49. The van der Waals surface area contributed by atoms with Crippen molar-refractivity contribution < 1.29 is 9.47 Å². The topological polar surface area (TPSA) is 42.5 Å². The first-order valence-corrected chi connectivity index (χ1v) is 9.04. The predicted molar refractivity (Wildman–Crippen MR) is 108 cm³/mol. The average Bonchev–Trinajstić information content (AvgIpc) is 2.59. The molecule has 0 bridgehead atoms. The highest BCUT2D eigenvalue weighted by Crippen LogP contribution is 2.30. The Hall–Kier alpha value is -1.98. The van der Waals surface area contributed by atoms with Crippen molar-refractivity contribution in [2.75, 3.05) is 18.5 Å². The second kappa shape index (κ2) is 9.49. The van der Waals surface area contributed by atoms with Crippen LogP contribution in [0.15, 0.2) is 42.5 Å². The number of ether oxygens (including phenoxy) is 2. The van der Waals surface area contributed by atoms with Crippen LogP contribution in [0.3, 0.4) is 0 Å². The lowest BCUT2D eigenvalue weighted by atomic mass is 10.1. The first-order valence-electron chi connectivity index (χ1n) is 8.26. The zero-order chi connectivity index (χ0) is 18.2. The minimum Gasteiger partial charge on any atom is -0.490 e. The lowest BCUT2D eigenvalue weighted by Crippen LogP contribution is -2.30. The van der Waals surface area contributed by atoms with E-state index in [0.29, 0.717) is 23.3 Å². The summed E-state index contributed by atoms with van der Waals surface area (Å²) in [6.45, 7) is 7.13. The van der Waals surface area contributed by atoms with E-state index in [1.807, 2.05) is 63.2 Å². The van der Waals surface area contributed by atoms with E-state index in [9.17, 15) is 0 Å². The van der Waals surface area contributed by atoms with Crippen LogP contribution in [0.1, 0.15) is 32.4 Å². The third-order valence-electron chi connectivity index (χ3n) is 3.52. The maximum Gasteiger partial charge on any atom is 0.171 e. The van der Waals surface area contributed by atoms with Crippen molar-refractivity contribution >= 4 is 34.6 Å². The van der Waals surface area contributed by atoms with Gasteiger partial charge in [0.2, 0.25) is 0 Å². The maximum absolute atomic E-state index is 5.89. The lowest BCUT2D eigenvalue weighted by molar-refractivity contribution is 0.287. The van der Waals surface area contributed by atoms with Gasteiger partial charge < -0.3 is 20.1 Å². The number of hydrogen-bond acceptors (Lipinski definition) is 3. The van der Waals surface area contributed by atoms with Crippen LogP contribution in [0.25, 0.3) is 0 Å². The monoisotopic (exact) mass is 378 g/mol. The number of benzene rings is 2. The smallest absolute Gasteiger partial charge is 0.171 e. The van der Waals surface area contributed by atoms with Crippen LogP contribution >= 0.6 is 23.8 Å². The van der Waals surface area contributed by atoms with Crippen molar-refractivity contribution in [2.24, 2.45) is 0 Å². The molecule has 0 heterocycles. The molecule has 0 aliphatic rings. The van der Waals surface area contributed by atoms with Crippen LogP contribution in [0.4, 0.5) is 5.69 Å². The molecule has 0 amide bonds. The number of anilines is 1. The Labute approximate surface area is 159 Å². The van der Waals surface area contributed by atoms with Crippen LogP contribution < -0.4 is 20.1 Å². The highest BCUT2D eigenvalue weighted by Gasteiger charge is 2.12. The Balaban J connectivity index is 2.03. The third-order valence-corrected chi connectivity index (χ3v) is 3.99. The zero-order valence-corrected chi connectivity index (χ0v) is 16.2. The van der Waals surface area contributed by atoms with Gasteiger partial charge in [-0.25, -0.2) is 0 Å². The van der Waals surface area contributed by atoms with E-state index in [1.165, 1.54) is 0 Å². The summed E-state index contributed by atoms with van der Waals surface area (Å²) in [5, 5.41) is 7.65. The van der Waals surface area contributed by atoms with Gasteiger partial charge in [0, 0.05) is 10.7 Å². The van der Waals surface area contributed by atoms with Crippen molar-refractivity contribution in [1.29, 1.82) is 0 Å². The molecular weight excluding hydrogens is 356 g/mol. The number of nitrogens with one attached hydrogen (secondary N) is 2. The van der Waals surface area contributed by atoms with E-state index in [1.54, 1.807) is 0 Å². The highest BCUT2D eigenvalue weighted by atomic mass is 35.5. The normalized spacial score (nSPS) is 11.5. The molecule has 0 aliphatic carbocycles. The van der Waals surface area contributed by atoms with Crippen molar-refractivity contribution in [1.82, 2.24) is 5.32 Å². The van der Waals surface area contributed by atoms with E-state index in [0.717, 1.165) is 22.7 Å². The molecule has 4 nitrogen and oxygen atoms in total. The summed E-state index contributed by atoms with van der Waals surface area (Å²) in [7, 11) is 0. The first kappa shape index (κ1) is 19.3. The van der Waals surface area contributed by atoms with Gasteiger partial charge in [0.25, 0.3) is 0 Å². The molecule has 0 saturated heterocycles. The molecule has 25 heavy (non-hydrogen) atoms. The quantitative estimate of drug-likeness (QED) is 0.649. The Morgan fingerprint density at radius 3 is 2.32 bits per heavy atom. The molecule has 2 aromatic rings. The molecule has 0 spiro atoms. The summed E-state index contributed by atoms with van der Waals surface area (Å²) in [6, 6.07) is 13.3. The summed E-state index contributed by atoms with van der Waals surface area (Å²) in [4.78, 5) is 0. The maximum atomic E-state index is 5.89. The first-order chi connectivity index (χ1) is 12.0. The van der Waals surface area contributed by atoms with Crippen molar-refractivity contribution in [3.8, 4) is 11.5 Å². The van der Waals surface area contributed by atoms with Crippen LogP contribution in [0.5, 0.6) is 11.5 Å². The van der Waals surface area contributed by atoms with Gasteiger partial charge in [-0.15, -0.1) is 0 Å². The van der Waals surface area contributed by atoms with Crippen LogP contribution in [-0.2, 0) is 0 Å². The van der Waals surface area contributed by atoms with Gasteiger partial charge in [0.15, 0.2) is 16.6 Å². The molecule has 1 atom stereocenters. The minimum atomic E-state index is 0.0159. The molecule has 0 aliphatic heterocycles. The Bertz CT molecular complexity index is 707. The van der Waals surface area contributed by atoms with Crippen molar-refractivity contribution in [3.05, 3.63) is 53.1 Å². The van der Waals surface area contributed by atoms with Gasteiger partial charge in [-0.3, -0.25) is 0 Å². The zero-order valence-electron chi connectivity index (χ0n) is 14.6. The fourth-order valence-corrected chi connectivity index (χ4v) is 2.74. The largest absolute Gasteiger partial charge is 0.490 e. The van der Waals surface area contributed by atoms with Gasteiger partial charge in [-0.05, 0) is 75.0 Å². The molecule has 2 rings (SSSR count).